The van der Waals surface area contributed by atoms with Crippen molar-refractivity contribution in [3.8, 4) is 18.0 Å². The number of halogens is 3. The van der Waals surface area contributed by atoms with Crippen LogP contribution in [-0.4, -0.2) is 15.3 Å². The average Bonchev–Trinajstić information content (AvgIpc) is 1.59. The van der Waals surface area contributed by atoms with Crippen LogP contribution in [0.1, 0.15) is 0 Å². The van der Waals surface area contributed by atoms with Gasteiger partial charge in [-0.25, -0.2) is 0 Å². The van der Waals surface area contributed by atoms with Crippen LogP contribution in [0.2, 0.25) is 0 Å². The summed E-state index contributed by atoms with van der Waals surface area (Å²) in [5.41, 5.74) is 0. The fraction of sp³-hybridized carbons (Fsp3) is 0. The first-order valence-corrected chi connectivity index (χ1v) is 2.17. The average molecular weight is 513 g/mol. The summed E-state index contributed by atoms with van der Waals surface area (Å²) in [4.78, 5) is 6.15. The van der Waals surface area contributed by atoms with E-state index < -0.39 is 18.0 Å². The Labute approximate surface area is 119 Å². The molecule has 0 saturated heterocycles. The Bertz CT molecular complexity index is 185. The number of aromatic amines is 3. The third-order valence-electron chi connectivity index (χ3n) is 0.710. The summed E-state index contributed by atoms with van der Waals surface area (Å²) in [6.07, 6.45) is 0. The molecule has 1 rings (SSSR count). The van der Waals surface area contributed by atoms with E-state index in [1.807, 2.05) is 0 Å². The first-order chi connectivity index (χ1) is 4.18. The van der Waals surface area contributed by atoms with Crippen molar-refractivity contribution in [2.75, 3.05) is 0 Å². The summed E-state index contributed by atoms with van der Waals surface area (Å²) in [5, 5.41) is 25.6. The molecular formula is C3H6I3N3O3. The Hall–Kier alpha value is 0.600. The molecule has 0 aliphatic carbocycles. The predicted molar refractivity (Wildman–Crippen MR) is 21.1 cm³/mol. The van der Waals surface area contributed by atoms with Crippen LogP contribution in [0, 0.1) is 0 Å². The standard InChI is InChI=1S/C3H3N3O3.3HI/c7-1-4-2(8)6-3(9)5-1;;;/h(H3,4,5,6,7,8,9);3*1H. The van der Waals surface area contributed by atoms with Crippen LogP contribution >= 0.6 is 0 Å². The number of hydrogen-bond acceptors (Lipinski definition) is 3. The van der Waals surface area contributed by atoms with Gasteiger partial charge in [0.25, 0.3) is 0 Å². The maximum atomic E-state index is 8.54. The molecule has 0 aliphatic heterocycles. The minimum absolute atomic E-state index is 0. The minimum atomic E-state index is -0.427. The highest BCUT2D eigenvalue weighted by Crippen LogP contribution is 1.89. The van der Waals surface area contributed by atoms with Crippen LogP contribution in [0.5, 0.6) is 18.0 Å². The summed E-state index contributed by atoms with van der Waals surface area (Å²) >= 11 is 0. The van der Waals surface area contributed by atoms with E-state index >= 15 is 0 Å². The number of hydrogen-bond donors (Lipinski definition) is 3. The summed E-state index contributed by atoms with van der Waals surface area (Å²) in [6.45, 7) is 0. The van der Waals surface area contributed by atoms with E-state index in [4.69, 9.17) is 15.3 Å². The van der Waals surface area contributed by atoms with Crippen molar-refractivity contribution in [1.29, 1.82) is 0 Å². The van der Waals surface area contributed by atoms with Gasteiger partial charge >= 0.3 is 18.0 Å². The molecule has 1 aromatic heterocycles. The Morgan fingerprint density at radius 2 is 0.750 bits per heavy atom. The van der Waals surface area contributed by atoms with Crippen LogP contribution in [0.3, 0.4) is 0 Å². The first-order valence-electron chi connectivity index (χ1n) is 2.17. The summed E-state index contributed by atoms with van der Waals surface area (Å²) in [6, 6.07) is -1.28. The molecule has 0 aliphatic rings. The molecule has 0 bridgehead atoms. The summed E-state index contributed by atoms with van der Waals surface area (Å²) < 4.78 is 0. The molecule has 0 atom stereocenters. The van der Waals surface area contributed by atoms with Crippen LogP contribution in [0.25, 0.3) is 0 Å². The zero-order chi connectivity index (χ0) is 6.85. The van der Waals surface area contributed by atoms with Crippen molar-refractivity contribution in [2.24, 2.45) is 0 Å². The number of aromatic hydroxyl groups is 3. The maximum absolute atomic E-state index is 8.54. The van der Waals surface area contributed by atoms with Crippen molar-refractivity contribution < 1.29 is 102 Å². The second kappa shape index (κ2) is 8.21. The van der Waals surface area contributed by atoms with Gasteiger partial charge in [-0.05, 0) is 15.0 Å². The van der Waals surface area contributed by atoms with Crippen molar-refractivity contribution in [3.05, 3.63) is 0 Å². The topological polar surface area (TPSA) is 103 Å². The molecule has 9 heteroatoms. The quantitative estimate of drug-likeness (QED) is 0.301. The van der Waals surface area contributed by atoms with E-state index in [0.717, 1.165) is 0 Å². The van der Waals surface area contributed by atoms with Gasteiger partial charge in [0.05, 0.1) is 0 Å². The Morgan fingerprint density at radius 3 is 0.917 bits per heavy atom. The van der Waals surface area contributed by atoms with Crippen molar-refractivity contribution >= 4 is 0 Å². The highest BCUT2D eigenvalue weighted by Gasteiger charge is 2.22. The summed E-state index contributed by atoms with van der Waals surface area (Å²) in [5.74, 6) is 0. The molecule has 0 saturated carbocycles. The third-order valence-corrected chi connectivity index (χ3v) is 0.710. The van der Waals surface area contributed by atoms with Gasteiger partial charge in [-0.1, -0.05) is 0 Å². The highest BCUT2D eigenvalue weighted by molar-refractivity contribution is 4.69. The Balaban J connectivity index is -0.000000270. The second-order valence-electron chi connectivity index (χ2n) is 1.42. The minimum Gasteiger partial charge on any atom is -1.00 e. The normalized spacial score (nSPS) is 7.00. The lowest BCUT2D eigenvalue weighted by Crippen LogP contribution is -3.00. The molecule has 12 heavy (non-hydrogen) atoms. The van der Waals surface area contributed by atoms with Gasteiger partial charge in [0, 0.05) is 0 Å². The van der Waals surface area contributed by atoms with Gasteiger partial charge in [0.1, 0.15) is 0 Å². The van der Waals surface area contributed by atoms with Crippen molar-refractivity contribution in [2.45, 2.75) is 0 Å². The Morgan fingerprint density at radius 1 is 0.583 bits per heavy atom. The monoisotopic (exact) mass is 513 g/mol. The smallest absolute Gasteiger partial charge is 0.642 e. The number of aromatic nitrogens is 3. The SMILES string of the molecule is Oc1[nH+]c(O)[nH+]c(O)[nH+]1.[I-].[I-].[I-]. The third kappa shape index (κ3) is 6.15. The lowest BCUT2D eigenvalue weighted by molar-refractivity contribution is -0.685. The largest absolute Gasteiger partial charge is 1.00 e. The van der Waals surface area contributed by atoms with E-state index in [1.165, 1.54) is 0 Å². The number of nitrogens with one attached hydrogen (secondary N) is 3. The predicted octanol–water partition coefficient (Wildman–Crippen LogP) is -11.7. The van der Waals surface area contributed by atoms with Gasteiger partial charge in [0.2, 0.25) is 0 Å². The molecule has 0 spiro atoms. The molecule has 6 N–H and O–H groups in total. The molecule has 1 heterocycles. The van der Waals surface area contributed by atoms with Crippen LogP contribution in [0.15, 0.2) is 0 Å². The molecule has 6 nitrogen and oxygen atoms in total. The second-order valence-corrected chi connectivity index (χ2v) is 1.42. The molecule has 1 aromatic rings. The zero-order valence-corrected chi connectivity index (χ0v) is 11.9. The molecule has 0 aromatic carbocycles. The van der Waals surface area contributed by atoms with Gasteiger partial charge in [-0.15, -0.1) is 0 Å². The van der Waals surface area contributed by atoms with Gasteiger partial charge in [0.15, 0.2) is 0 Å². The lowest BCUT2D eigenvalue weighted by atomic mass is 10.9. The molecule has 0 amide bonds. The fourth-order valence-electron chi connectivity index (χ4n) is 0.430. The Kier molecular flexibility index (Phi) is 12.6. The highest BCUT2D eigenvalue weighted by atomic mass is 127. The zero-order valence-electron chi connectivity index (χ0n) is 5.48. The van der Waals surface area contributed by atoms with Gasteiger partial charge < -0.3 is 87.2 Å². The van der Waals surface area contributed by atoms with Gasteiger partial charge in [-0.2, -0.15) is 0 Å². The lowest BCUT2D eigenvalue weighted by Gasteiger charge is -1.70. The van der Waals surface area contributed by atoms with E-state index in [9.17, 15) is 0 Å². The molecule has 72 valence electrons. The molecular weight excluding hydrogens is 507 g/mol. The fourth-order valence-corrected chi connectivity index (χ4v) is 0.430. The molecule has 0 fully saturated rings. The van der Waals surface area contributed by atoms with E-state index in [2.05, 4.69) is 15.0 Å². The van der Waals surface area contributed by atoms with Crippen molar-refractivity contribution in [1.82, 2.24) is 0 Å². The van der Waals surface area contributed by atoms with E-state index in [-0.39, 0.29) is 71.9 Å². The van der Waals surface area contributed by atoms with E-state index in [0.29, 0.717) is 0 Å². The number of H-pyrrole nitrogens is 3. The molecule has 0 unspecified atom stereocenters. The molecule has 0 radical (unpaired) electrons. The van der Waals surface area contributed by atoms with Crippen LogP contribution in [-0.2, 0) is 0 Å². The number of rotatable bonds is 0. The van der Waals surface area contributed by atoms with Gasteiger partial charge in [-0.3, -0.25) is 0 Å². The van der Waals surface area contributed by atoms with Crippen LogP contribution < -0.4 is 86.9 Å². The van der Waals surface area contributed by atoms with Crippen molar-refractivity contribution in [3.63, 3.8) is 0 Å². The van der Waals surface area contributed by atoms with Crippen LogP contribution in [0.4, 0.5) is 0 Å². The maximum Gasteiger partial charge on any atom is 0.642 e. The van der Waals surface area contributed by atoms with E-state index in [1.54, 1.807) is 0 Å². The summed E-state index contributed by atoms with van der Waals surface area (Å²) in [7, 11) is 0. The first kappa shape index (κ1) is 18.4.